The Morgan fingerprint density at radius 2 is 1.68 bits per heavy atom. The summed E-state index contributed by atoms with van der Waals surface area (Å²) in [5.41, 5.74) is 2.20. The maximum atomic E-state index is 9.99. The van der Waals surface area contributed by atoms with Crippen LogP contribution in [0.5, 0.6) is 0 Å². The fourth-order valence-corrected chi connectivity index (χ4v) is 2.51. The van der Waals surface area contributed by atoms with Gasteiger partial charge in [0.1, 0.15) is 0 Å². The first-order valence-electron chi connectivity index (χ1n) is 6.25. The molecule has 0 bridgehead atoms. The zero-order valence-corrected chi connectivity index (χ0v) is 12.2. The van der Waals surface area contributed by atoms with Gasteiger partial charge in [0.15, 0.2) is 0 Å². The standard InChI is InChI=1S/C16H16Cl2O/c1-11(19)14(13-5-3-2-4-6-13)9-12-7-8-15(17)16(18)10-12/h2-8,10-11,14,19H,9H2,1H3/t11-,14-/m0/s1. The van der Waals surface area contributed by atoms with E-state index in [9.17, 15) is 5.11 Å². The Morgan fingerprint density at radius 3 is 2.26 bits per heavy atom. The maximum absolute atomic E-state index is 9.99. The molecule has 0 amide bonds. The predicted octanol–water partition coefficient (Wildman–Crippen LogP) is 4.70. The highest BCUT2D eigenvalue weighted by Gasteiger charge is 2.18. The maximum Gasteiger partial charge on any atom is 0.0595 e. The lowest BCUT2D eigenvalue weighted by molar-refractivity contribution is 0.161. The number of benzene rings is 2. The molecule has 0 aromatic heterocycles. The molecule has 0 spiro atoms. The number of halogens is 2. The van der Waals surface area contributed by atoms with Gasteiger partial charge in [-0.2, -0.15) is 0 Å². The molecule has 2 atom stereocenters. The molecule has 0 aliphatic heterocycles. The van der Waals surface area contributed by atoms with Gasteiger partial charge in [0, 0.05) is 5.92 Å². The van der Waals surface area contributed by atoms with Crippen LogP contribution in [-0.2, 0) is 6.42 Å². The molecule has 0 unspecified atom stereocenters. The van der Waals surface area contributed by atoms with Crippen LogP contribution in [0, 0.1) is 0 Å². The Bertz CT molecular complexity index is 538. The fourth-order valence-electron chi connectivity index (χ4n) is 2.19. The van der Waals surface area contributed by atoms with E-state index < -0.39 is 6.10 Å². The molecule has 0 heterocycles. The summed E-state index contributed by atoms with van der Waals surface area (Å²) in [6.07, 6.45) is 0.315. The minimum Gasteiger partial charge on any atom is -0.393 e. The van der Waals surface area contributed by atoms with Gasteiger partial charge in [0.05, 0.1) is 16.1 Å². The molecule has 0 saturated carbocycles. The van der Waals surface area contributed by atoms with Crippen LogP contribution in [0.3, 0.4) is 0 Å². The SMILES string of the molecule is C[C@H](O)[C@H](Cc1ccc(Cl)c(Cl)c1)c1ccccc1. The molecule has 2 aromatic rings. The Balaban J connectivity index is 2.24. The lowest BCUT2D eigenvalue weighted by Gasteiger charge is -2.20. The highest BCUT2D eigenvalue weighted by atomic mass is 35.5. The van der Waals surface area contributed by atoms with Gasteiger partial charge in [-0.25, -0.2) is 0 Å². The van der Waals surface area contributed by atoms with E-state index >= 15 is 0 Å². The summed E-state index contributed by atoms with van der Waals surface area (Å²) in [5.74, 6) is 0.0541. The van der Waals surface area contributed by atoms with Gasteiger partial charge in [-0.05, 0) is 36.6 Å². The van der Waals surface area contributed by atoms with Gasteiger partial charge < -0.3 is 5.11 Å². The van der Waals surface area contributed by atoms with Gasteiger partial charge in [-0.15, -0.1) is 0 Å². The van der Waals surface area contributed by atoms with E-state index in [2.05, 4.69) is 0 Å². The summed E-state index contributed by atoms with van der Waals surface area (Å²) in [5, 5.41) is 11.1. The lowest BCUT2D eigenvalue weighted by Crippen LogP contribution is -2.17. The molecule has 3 heteroatoms. The number of aliphatic hydroxyl groups excluding tert-OH is 1. The first-order valence-corrected chi connectivity index (χ1v) is 7.00. The van der Waals surface area contributed by atoms with E-state index in [0.717, 1.165) is 17.5 Å². The molecule has 0 aliphatic rings. The average Bonchev–Trinajstić information content (AvgIpc) is 2.40. The van der Waals surface area contributed by atoms with Crippen molar-refractivity contribution in [1.29, 1.82) is 0 Å². The molecule has 0 fully saturated rings. The Kier molecular flexibility index (Phi) is 4.87. The van der Waals surface area contributed by atoms with E-state index in [1.54, 1.807) is 6.07 Å². The Hall–Kier alpha value is -1.02. The fraction of sp³-hybridized carbons (Fsp3) is 0.250. The second kappa shape index (κ2) is 6.42. The van der Waals surface area contributed by atoms with Crippen molar-refractivity contribution in [2.75, 3.05) is 0 Å². The first kappa shape index (κ1) is 14.4. The van der Waals surface area contributed by atoms with E-state index in [0.29, 0.717) is 10.0 Å². The summed E-state index contributed by atoms with van der Waals surface area (Å²) in [7, 11) is 0. The minimum absolute atomic E-state index is 0.0541. The summed E-state index contributed by atoms with van der Waals surface area (Å²) in [6.45, 7) is 1.81. The normalized spacial score (nSPS) is 14.1. The monoisotopic (exact) mass is 294 g/mol. The zero-order chi connectivity index (χ0) is 13.8. The summed E-state index contributed by atoms with van der Waals surface area (Å²) >= 11 is 11.9. The third kappa shape index (κ3) is 3.73. The zero-order valence-electron chi connectivity index (χ0n) is 10.7. The van der Waals surface area contributed by atoms with Crippen LogP contribution in [0.25, 0.3) is 0 Å². The van der Waals surface area contributed by atoms with E-state index in [1.807, 2.05) is 49.4 Å². The van der Waals surface area contributed by atoms with E-state index in [4.69, 9.17) is 23.2 Å². The van der Waals surface area contributed by atoms with Gasteiger partial charge >= 0.3 is 0 Å². The van der Waals surface area contributed by atoms with Gasteiger partial charge in [-0.1, -0.05) is 59.6 Å². The molecule has 2 rings (SSSR count). The number of hydrogen-bond acceptors (Lipinski definition) is 1. The van der Waals surface area contributed by atoms with Crippen molar-refractivity contribution < 1.29 is 5.11 Å². The summed E-state index contributed by atoms with van der Waals surface area (Å²) in [4.78, 5) is 0. The molecule has 0 aliphatic carbocycles. The number of hydrogen-bond donors (Lipinski definition) is 1. The smallest absolute Gasteiger partial charge is 0.0595 e. The second-order valence-corrected chi connectivity index (χ2v) is 5.52. The van der Waals surface area contributed by atoms with Gasteiger partial charge in [-0.3, -0.25) is 0 Å². The van der Waals surface area contributed by atoms with Crippen LogP contribution >= 0.6 is 23.2 Å². The quantitative estimate of drug-likeness (QED) is 0.866. The Morgan fingerprint density at radius 1 is 1.00 bits per heavy atom. The Labute approximate surface area is 123 Å². The van der Waals surface area contributed by atoms with Gasteiger partial charge in [0.2, 0.25) is 0 Å². The van der Waals surface area contributed by atoms with Crippen LogP contribution in [0.2, 0.25) is 10.0 Å². The van der Waals surface area contributed by atoms with Crippen LogP contribution in [0.15, 0.2) is 48.5 Å². The van der Waals surface area contributed by atoms with Gasteiger partial charge in [0.25, 0.3) is 0 Å². The third-order valence-electron chi connectivity index (χ3n) is 3.25. The highest BCUT2D eigenvalue weighted by Crippen LogP contribution is 2.28. The van der Waals surface area contributed by atoms with Crippen LogP contribution in [0.1, 0.15) is 24.0 Å². The molecule has 19 heavy (non-hydrogen) atoms. The predicted molar refractivity (Wildman–Crippen MR) is 81.0 cm³/mol. The van der Waals surface area contributed by atoms with Crippen LogP contribution in [0.4, 0.5) is 0 Å². The van der Waals surface area contributed by atoms with Crippen molar-refractivity contribution in [3.8, 4) is 0 Å². The largest absolute Gasteiger partial charge is 0.393 e. The highest BCUT2D eigenvalue weighted by molar-refractivity contribution is 6.42. The van der Waals surface area contributed by atoms with E-state index in [-0.39, 0.29) is 5.92 Å². The van der Waals surface area contributed by atoms with Crippen molar-refractivity contribution in [3.63, 3.8) is 0 Å². The average molecular weight is 295 g/mol. The number of aliphatic hydroxyl groups is 1. The summed E-state index contributed by atoms with van der Waals surface area (Å²) < 4.78 is 0. The number of rotatable bonds is 4. The molecule has 1 nitrogen and oxygen atoms in total. The molecule has 2 aromatic carbocycles. The topological polar surface area (TPSA) is 20.2 Å². The third-order valence-corrected chi connectivity index (χ3v) is 3.99. The van der Waals surface area contributed by atoms with Crippen molar-refractivity contribution in [2.24, 2.45) is 0 Å². The molecule has 0 radical (unpaired) electrons. The van der Waals surface area contributed by atoms with Crippen LogP contribution in [-0.4, -0.2) is 11.2 Å². The second-order valence-electron chi connectivity index (χ2n) is 4.71. The molecule has 100 valence electrons. The molecular formula is C16H16Cl2O. The first-order chi connectivity index (χ1) is 9.08. The van der Waals surface area contributed by atoms with Crippen molar-refractivity contribution >= 4 is 23.2 Å². The van der Waals surface area contributed by atoms with Crippen molar-refractivity contribution in [3.05, 3.63) is 69.7 Å². The van der Waals surface area contributed by atoms with Crippen molar-refractivity contribution in [2.45, 2.75) is 25.4 Å². The lowest BCUT2D eigenvalue weighted by atomic mass is 9.88. The molecular weight excluding hydrogens is 279 g/mol. The molecule has 0 saturated heterocycles. The van der Waals surface area contributed by atoms with E-state index in [1.165, 1.54) is 0 Å². The minimum atomic E-state index is -0.420. The molecule has 1 N–H and O–H groups in total. The van der Waals surface area contributed by atoms with Crippen molar-refractivity contribution in [1.82, 2.24) is 0 Å². The van der Waals surface area contributed by atoms with Crippen LogP contribution < -0.4 is 0 Å². The summed E-state index contributed by atoms with van der Waals surface area (Å²) in [6, 6.07) is 15.6.